The van der Waals surface area contributed by atoms with Crippen LogP contribution in [0.15, 0.2) is 55.1 Å². The second-order valence-electron chi connectivity index (χ2n) is 5.47. The van der Waals surface area contributed by atoms with E-state index >= 15 is 0 Å². The minimum Gasteiger partial charge on any atom is -0.360 e. The Labute approximate surface area is 158 Å². The molecule has 10 nitrogen and oxygen atoms in total. The molecule has 2 aromatic heterocycles. The molecule has 0 atom stereocenters. The number of pyridine rings is 1. The first-order valence-electron chi connectivity index (χ1n) is 7.98. The number of halogens is 1. The van der Waals surface area contributed by atoms with E-state index < -0.39 is 16.5 Å². The molecule has 3 N–H and O–H groups in total. The molecule has 0 aliphatic heterocycles. The minimum atomic E-state index is -0.673. The first-order chi connectivity index (χ1) is 13.5. The van der Waals surface area contributed by atoms with Crippen molar-refractivity contribution in [3.05, 3.63) is 82.2 Å². The predicted molar refractivity (Wildman–Crippen MR) is 97.7 cm³/mol. The Morgan fingerprint density at radius 1 is 1.07 bits per heavy atom. The van der Waals surface area contributed by atoms with Crippen LogP contribution in [0.1, 0.15) is 15.9 Å². The number of hydrazine groups is 1. The summed E-state index contributed by atoms with van der Waals surface area (Å²) in [5.74, 6) is -1.14. The maximum atomic E-state index is 13.0. The Morgan fingerprint density at radius 3 is 2.43 bits per heavy atom. The Morgan fingerprint density at radius 2 is 1.75 bits per heavy atom. The van der Waals surface area contributed by atoms with Gasteiger partial charge in [0.25, 0.3) is 5.91 Å². The fourth-order valence-electron chi connectivity index (χ4n) is 2.25. The average Bonchev–Trinajstić information content (AvgIpc) is 2.72. The van der Waals surface area contributed by atoms with Crippen LogP contribution in [-0.4, -0.2) is 25.8 Å². The number of hydrogen-bond acceptors (Lipinski definition) is 8. The van der Waals surface area contributed by atoms with E-state index in [1.54, 1.807) is 12.1 Å². The number of nitrogens with one attached hydrogen (secondary N) is 3. The Kier molecular flexibility index (Phi) is 5.65. The number of nitrogens with zero attached hydrogens (tertiary/aromatic N) is 4. The fraction of sp³-hybridized carbons (Fsp3) is 0.0588. The van der Waals surface area contributed by atoms with Crippen molar-refractivity contribution in [3.63, 3.8) is 0 Å². The van der Waals surface area contributed by atoms with Gasteiger partial charge in [0.1, 0.15) is 12.1 Å². The van der Waals surface area contributed by atoms with E-state index in [4.69, 9.17) is 0 Å². The summed E-state index contributed by atoms with van der Waals surface area (Å²) in [4.78, 5) is 34.4. The molecule has 0 spiro atoms. The van der Waals surface area contributed by atoms with Crippen LogP contribution in [0, 0.1) is 15.9 Å². The smallest absolute Gasteiger partial charge is 0.354 e. The highest BCUT2D eigenvalue weighted by molar-refractivity contribution is 5.94. The topological polar surface area (TPSA) is 135 Å². The third kappa shape index (κ3) is 4.52. The molecular formula is C17H14FN7O3. The number of rotatable bonds is 7. The summed E-state index contributed by atoms with van der Waals surface area (Å²) in [6, 6.07) is 8.63. The molecule has 1 amide bonds. The van der Waals surface area contributed by atoms with Gasteiger partial charge in [-0.25, -0.2) is 14.4 Å². The van der Waals surface area contributed by atoms with E-state index in [0.29, 0.717) is 11.1 Å². The number of anilines is 2. The summed E-state index contributed by atoms with van der Waals surface area (Å²) in [5.41, 5.74) is 5.35. The molecule has 2 heterocycles. The number of benzene rings is 1. The lowest BCUT2D eigenvalue weighted by Crippen LogP contribution is -2.30. The van der Waals surface area contributed by atoms with E-state index in [2.05, 4.69) is 31.1 Å². The molecule has 0 fully saturated rings. The van der Waals surface area contributed by atoms with Crippen molar-refractivity contribution < 1.29 is 14.1 Å². The number of carbonyl (C=O) groups excluding carboxylic acids is 1. The van der Waals surface area contributed by atoms with Crippen LogP contribution in [0.3, 0.4) is 0 Å². The summed E-state index contributed by atoms with van der Waals surface area (Å²) in [6.07, 6.45) is 4.00. The van der Waals surface area contributed by atoms with Crippen LogP contribution in [0.5, 0.6) is 0 Å². The molecule has 0 unspecified atom stereocenters. The van der Waals surface area contributed by atoms with Gasteiger partial charge >= 0.3 is 5.69 Å². The molecule has 3 aromatic rings. The van der Waals surface area contributed by atoms with Gasteiger partial charge in [-0.05, 0) is 29.8 Å². The first kappa shape index (κ1) is 18.6. The Bertz CT molecular complexity index is 984. The van der Waals surface area contributed by atoms with Crippen molar-refractivity contribution in [2.24, 2.45) is 0 Å². The zero-order valence-electron chi connectivity index (χ0n) is 14.3. The number of hydrogen-bond donors (Lipinski definition) is 3. The van der Waals surface area contributed by atoms with Crippen LogP contribution in [0.4, 0.5) is 21.7 Å². The van der Waals surface area contributed by atoms with Crippen LogP contribution in [-0.2, 0) is 6.54 Å². The van der Waals surface area contributed by atoms with Crippen molar-refractivity contribution in [3.8, 4) is 0 Å². The monoisotopic (exact) mass is 383 g/mol. The van der Waals surface area contributed by atoms with Gasteiger partial charge in [0.2, 0.25) is 11.6 Å². The zero-order chi connectivity index (χ0) is 19.9. The van der Waals surface area contributed by atoms with Crippen molar-refractivity contribution >= 4 is 23.2 Å². The predicted octanol–water partition coefficient (Wildman–Crippen LogP) is 2.29. The lowest BCUT2D eigenvalue weighted by Gasteiger charge is -2.11. The fourth-order valence-corrected chi connectivity index (χ4v) is 2.25. The zero-order valence-corrected chi connectivity index (χ0v) is 14.3. The standard InChI is InChI=1S/C17H14FN7O3/c18-13-3-1-11(2-4-13)9-20-15-14(25(27)28)16(22-10-21-15)23-24-17(26)12-5-7-19-8-6-12/h1-8,10H,9H2,(H,24,26)(H2,20,21,22,23). The highest BCUT2D eigenvalue weighted by Crippen LogP contribution is 2.28. The SMILES string of the molecule is O=C(NNc1ncnc(NCc2ccc(F)cc2)c1[N+](=O)[O-])c1ccncc1. The molecule has 28 heavy (non-hydrogen) atoms. The average molecular weight is 383 g/mol. The second-order valence-corrected chi connectivity index (χ2v) is 5.47. The van der Waals surface area contributed by atoms with Crippen LogP contribution >= 0.6 is 0 Å². The Hall–Kier alpha value is -4.15. The molecule has 3 rings (SSSR count). The molecule has 0 saturated carbocycles. The summed E-state index contributed by atoms with van der Waals surface area (Å²) in [6.45, 7) is 0.181. The third-order valence-corrected chi connectivity index (χ3v) is 3.62. The van der Waals surface area contributed by atoms with Crippen LogP contribution in [0.2, 0.25) is 0 Å². The van der Waals surface area contributed by atoms with Gasteiger partial charge in [-0.2, -0.15) is 0 Å². The molecule has 142 valence electrons. The molecule has 0 bridgehead atoms. The van der Waals surface area contributed by atoms with Crippen LogP contribution < -0.4 is 16.2 Å². The quantitative estimate of drug-likeness (QED) is 0.418. The molecule has 11 heteroatoms. The molecule has 1 aromatic carbocycles. The van der Waals surface area contributed by atoms with E-state index in [1.165, 1.54) is 36.7 Å². The van der Waals surface area contributed by atoms with Gasteiger partial charge in [0.05, 0.1) is 4.92 Å². The van der Waals surface area contributed by atoms with Gasteiger partial charge in [0.15, 0.2) is 0 Å². The lowest BCUT2D eigenvalue weighted by molar-refractivity contribution is -0.383. The number of carbonyl (C=O) groups is 1. The van der Waals surface area contributed by atoms with Crippen molar-refractivity contribution in [1.29, 1.82) is 0 Å². The van der Waals surface area contributed by atoms with Gasteiger partial charge in [-0.3, -0.25) is 30.7 Å². The number of aromatic nitrogens is 3. The van der Waals surface area contributed by atoms with Crippen molar-refractivity contribution in [1.82, 2.24) is 20.4 Å². The summed E-state index contributed by atoms with van der Waals surface area (Å²) >= 11 is 0. The summed E-state index contributed by atoms with van der Waals surface area (Å²) < 4.78 is 13.0. The minimum absolute atomic E-state index is 0.0509. The summed E-state index contributed by atoms with van der Waals surface area (Å²) in [7, 11) is 0. The third-order valence-electron chi connectivity index (χ3n) is 3.62. The van der Waals surface area contributed by atoms with Gasteiger partial charge < -0.3 is 5.32 Å². The van der Waals surface area contributed by atoms with Crippen molar-refractivity contribution in [2.75, 3.05) is 10.7 Å². The normalized spacial score (nSPS) is 10.2. The highest BCUT2D eigenvalue weighted by atomic mass is 19.1. The maximum absolute atomic E-state index is 13.0. The van der Waals surface area contributed by atoms with E-state index in [-0.39, 0.29) is 24.0 Å². The summed E-state index contributed by atoms with van der Waals surface area (Å²) in [5, 5.41) is 14.3. The molecule has 0 saturated heterocycles. The van der Waals surface area contributed by atoms with E-state index in [0.717, 1.165) is 6.33 Å². The Balaban J connectivity index is 1.74. The van der Waals surface area contributed by atoms with E-state index in [1.807, 2.05) is 0 Å². The van der Waals surface area contributed by atoms with Crippen molar-refractivity contribution in [2.45, 2.75) is 6.54 Å². The highest BCUT2D eigenvalue weighted by Gasteiger charge is 2.23. The maximum Gasteiger partial charge on any atom is 0.354 e. The molecule has 0 aliphatic carbocycles. The number of nitro groups is 1. The van der Waals surface area contributed by atoms with Gasteiger partial charge in [0, 0.05) is 24.5 Å². The molecular weight excluding hydrogens is 369 g/mol. The van der Waals surface area contributed by atoms with Gasteiger partial charge in [-0.15, -0.1) is 0 Å². The van der Waals surface area contributed by atoms with E-state index in [9.17, 15) is 19.3 Å². The van der Waals surface area contributed by atoms with Gasteiger partial charge in [-0.1, -0.05) is 12.1 Å². The molecule has 0 radical (unpaired) electrons. The van der Waals surface area contributed by atoms with Crippen LogP contribution in [0.25, 0.3) is 0 Å². The number of amides is 1. The first-order valence-corrected chi connectivity index (χ1v) is 7.98. The second kappa shape index (κ2) is 8.49. The lowest BCUT2D eigenvalue weighted by atomic mass is 10.2. The largest absolute Gasteiger partial charge is 0.360 e. The molecule has 0 aliphatic rings.